The van der Waals surface area contributed by atoms with Crippen LogP contribution in [0.4, 0.5) is 0 Å². The van der Waals surface area contributed by atoms with Crippen molar-refractivity contribution in [3.63, 3.8) is 0 Å². The van der Waals surface area contributed by atoms with Crippen LogP contribution in [-0.4, -0.2) is 29.0 Å². The molecule has 0 aromatic rings. The summed E-state index contributed by atoms with van der Waals surface area (Å²) in [5, 5.41) is 8.16. The van der Waals surface area contributed by atoms with E-state index in [1.54, 1.807) is 0 Å². The van der Waals surface area contributed by atoms with E-state index in [0.717, 1.165) is 18.4 Å². The molecule has 0 unspecified atom stereocenters. The molecule has 0 saturated heterocycles. The van der Waals surface area contributed by atoms with E-state index in [0.29, 0.717) is 0 Å². The molecule has 5 heteroatoms. The molecule has 0 saturated carbocycles. The van der Waals surface area contributed by atoms with Crippen LogP contribution in [0.1, 0.15) is 0 Å². The number of amides is 1. The van der Waals surface area contributed by atoms with E-state index < -0.39 is 11.9 Å². The van der Waals surface area contributed by atoms with Crippen molar-refractivity contribution in [3.8, 4) is 0 Å². The topological polar surface area (TPSA) is 79.1 Å². The first-order chi connectivity index (χ1) is 5.18. The van der Waals surface area contributed by atoms with Crippen LogP contribution in [0, 0.1) is 0 Å². The van der Waals surface area contributed by atoms with Crippen molar-refractivity contribution in [1.82, 2.24) is 0 Å². The zero-order valence-electron chi connectivity index (χ0n) is 5.39. The summed E-state index contributed by atoms with van der Waals surface area (Å²) in [5.74, 6) is -1.44. The molecule has 0 aromatic carbocycles. The molecule has 0 aliphatic carbocycles. The first-order valence-corrected chi connectivity index (χ1v) is 2.76. The molecule has 0 radical (unpaired) electrons. The van der Waals surface area contributed by atoms with Crippen LogP contribution in [0.25, 0.3) is 0 Å². The molecular weight excluding hydrogens is 148 g/mol. The highest BCUT2D eigenvalue weighted by Gasteiger charge is 2.04. The quantitative estimate of drug-likeness (QED) is 0.548. The summed E-state index contributed by atoms with van der Waals surface area (Å²) >= 11 is 0. The van der Waals surface area contributed by atoms with Crippen LogP contribution in [0.15, 0.2) is 22.1 Å². The highest BCUT2D eigenvalue weighted by Crippen LogP contribution is 1.92. The first kappa shape index (κ1) is 7.33. The Morgan fingerprint density at radius 3 is 2.82 bits per heavy atom. The van der Waals surface area contributed by atoms with Gasteiger partial charge >= 0.3 is 5.97 Å². The van der Waals surface area contributed by atoms with Gasteiger partial charge in [-0.1, -0.05) is 0 Å². The normalized spacial score (nSPS) is 16.0. The number of amidine groups is 1. The maximum atomic E-state index is 10.4. The summed E-state index contributed by atoms with van der Waals surface area (Å²) in [6, 6.07) is 0. The highest BCUT2D eigenvalue weighted by molar-refractivity contribution is 6.36. The lowest BCUT2D eigenvalue weighted by atomic mass is 10.5. The van der Waals surface area contributed by atoms with Crippen LogP contribution >= 0.6 is 0 Å². The average Bonchev–Trinajstić information content (AvgIpc) is 2.31. The number of carbonyl (C=O) groups excluding carboxylic acids is 1. The lowest BCUT2D eigenvalue weighted by Crippen LogP contribution is -1.90. The monoisotopic (exact) mass is 152 g/mol. The second-order valence-corrected chi connectivity index (χ2v) is 1.74. The molecule has 11 heavy (non-hydrogen) atoms. The molecule has 0 spiro atoms. The van der Waals surface area contributed by atoms with Crippen LogP contribution in [0.5, 0.6) is 0 Å². The van der Waals surface area contributed by atoms with Gasteiger partial charge in [0.15, 0.2) is 5.84 Å². The standard InChI is InChI=1S/C6H4N2O3/c9-5-3-7-4(8-5)1-2-6(10)11/h1-3H,(H,10,11)/b2-1+. The van der Waals surface area contributed by atoms with Crippen LogP contribution < -0.4 is 0 Å². The van der Waals surface area contributed by atoms with Crippen molar-refractivity contribution in [2.45, 2.75) is 0 Å². The molecule has 1 N–H and O–H groups in total. The summed E-state index contributed by atoms with van der Waals surface area (Å²) < 4.78 is 0. The van der Waals surface area contributed by atoms with E-state index in [1.165, 1.54) is 0 Å². The summed E-state index contributed by atoms with van der Waals surface area (Å²) in [7, 11) is 0. The molecule has 1 aliphatic rings. The van der Waals surface area contributed by atoms with Gasteiger partial charge in [-0.05, 0) is 6.08 Å². The molecule has 5 nitrogen and oxygen atoms in total. The van der Waals surface area contributed by atoms with Crippen molar-refractivity contribution in [1.29, 1.82) is 0 Å². The maximum absolute atomic E-state index is 10.4. The van der Waals surface area contributed by atoms with Gasteiger partial charge in [-0.15, -0.1) is 0 Å². The number of nitrogens with zero attached hydrogens (tertiary/aromatic N) is 2. The number of hydrogen-bond donors (Lipinski definition) is 1. The maximum Gasteiger partial charge on any atom is 0.328 e. The lowest BCUT2D eigenvalue weighted by molar-refractivity contribution is -0.131. The fraction of sp³-hybridized carbons (Fsp3) is 0. The molecule has 1 amide bonds. The fourth-order valence-electron chi connectivity index (χ4n) is 0.518. The minimum absolute atomic E-state index is 0.123. The number of carbonyl (C=O) groups is 2. The Kier molecular flexibility index (Phi) is 1.91. The van der Waals surface area contributed by atoms with E-state index in [2.05, 4.69) is 9.98 Å². The largest absolute Gasteiger partial charge is 0.478 e. The smallest absolute Gasteiger partial charge is 0.328 e. The lowest BCUT2D eigenvalue weighted by Gasteiger charge is -1.80. The number of rotatable bonds is 2. The Morgan fingerprint density at radius 1 is 1.64 bits per heavy atom. The van der Waals surface area contributed by atoms with Crippen molar-refractivity contribution in [2.75, 3.05) is 0 Å². The van der Waals surface area contributed by atoms with Gasteiger partial charge in [-0.2, -0.15) is 4.99 Å². The molecule has 0 fully saturated rings. The number of hydrogen-bond acceptors (Lipinski definition) is 3. The average molecular weight is 152 g/mol. The molecule has 1 rings (SSSR count). The highest BCUT2D eigenvalue weighted by atomic mass is 16.4. The summed E-state index contributed by atoms with van der Waals surface area (Å²) in [6.07, 6.45) is 3.06. The molecule has 0 atom stereocenters. The Hall–Kier alpha value is -1.78. The number of carboxylic acid groups (broad SMARTS) is 1. The third kappa shape index (κ3) is 2.13. The Morgan fingerprint density at radius 2 is 2.36 bits per heavy atom. The number of aliphatic imine (C=N–C) groups is 2. The van der Waals surface area contributed by atoms with Gasteiger partial charge < -0.3 is 5.11 Å². The Bertz CT molecular complexity index is 288. The van der Waals surface area contributed by atoms with Gasteiger partial charge in [0.2, 0.25) is 0 Å². The zero-order chi connectivity index (χ0) is 8.27. The van der Waals surface area contributed by atoms with Gasteiger partial charge in [-0.25, -0.2) is 9.79 Å². The van der Waals surface area contributed by atoms with E-state index in [-0.39, 0.29) is 5.84 Å². The third-order valence-electron chi connectivity index (χ3n) is 0.907. The van der Waals surface area contributed by atoms with Crippen molar-refractivity contribution >= 4 is 23.9 Å². The fourth-order valence-corrected chi connectivity index (χ4v) is 0.518. The second-order valence-electron chi connectivity index (χ2n) is 1.74. The number of aliphatic carboxylic acids is 1. The summed E-state index contributed by atoms with van der Waals surface area (Å²) in [6.45, 7) is 0. The predicted molar refractivity (Wildman–Crippen MR) is 37.7 cm³/mol. The van der Waals surface area contributed by atoms with Crippen molar-refractivity contribution in [2.24, 2.45) is 9.98 Å². The minimum Gasteiger partial charge on any atom is -0.478 e. The van der Waals surface area contributed by atoms with Crippen LogP contribution in [0.3, 0.4) is 0 Å². The van der Waals surface area contributed by atoms with Crippen LogP contribution in [-0.2, 0) is 9.59 Å². The van der Waals surface area contributed by atoms with E-state index in [1.807, 2.05) is 0 Å². The molecule has 1 heterocycles. The molecule has 0 aromatic heterocycles. The van der Waals surface area contributed by atoms with Gasteiger partial charge in [0, 0.05) is 6.08 Å². The molecule has 56 valence electrons. The number of carboxylic acids is 1. The predicted octanol–water partition coefficient (Wildman–Crippen LogP) is -0.363. The van der Waals surface area contributed by atoms with Gasteiger partial charge in [0.25, 0.3) is 5.91 Å². The molecule has 1 aliphatic heterocycles. The molecule has 0 bridgehead atoms. The minimum atomic E-state index is -1.10. The second kappa shape index (κ2) is 2.87. The third-order valence-corrected chi connectivity index (χ3v) is 0.907. The molecular formula is C6H4N2O3. The zero-order valence-corrected chi connectivity index (χ0v) is 5.39. The summed E-state index contributed by atoms with van der Waals surface area (Å²) in [4.78, 5) is 27.2. The Labute approximate surface area is 61.8 Å². The van der Waals surface area contributed by atoms with E-state index in [4.69, 9.17) is 5.11 Å². The Balaban J connectivity index is 2.66. The van der Waals surface area contributed by atoms with E-state index in [9.17, 15) is 9.59 Å². The first-order valence-electron chi connectivity index (χ1n) is 2.76. The van der Waals surface area contributed by atoms with Gasteiger partial charge in [0.1, 0.15) is 0 Å². The van der Waals surface area contributed by atoms with E-state index >= 15 is 0 Å². The van der Waals surface area contributed by atoms with Crippen molar-refractivity contribution < 1.29 is 14.7 Å². The SMILES string of the molecule is O=C(O)/C=C/C1=NC(=O)C=N1. The summed E-state index contributed by atoms with van der Waals surface area (Å²) in [5.41, 5.74) is 0. The van der Waals surface area contributed by atoms with Crippen molar-refractivity contribution in [3.05, 3.63) is 12.2 Å². The van der Waals surface area contributed by atoms with Gasteiger partial charge in [0.05, 0.1) is 6.21 Å². The van der Waals surface area contributed by atoms with Crippen LogP contribution in [0.2, 0.25) is 0 Å². The van der Waals surface area contributed by atoms with Gasteiger partial charge in [-0.3, -0.25) is 4.79 Å².